The minimum atomic E-state index is -0.219. The monoisotopic (exact) mass is 356 g/mol. The molecule has 2 aliphatic heterocycles. The molecule has 2 aromatic rings. The third-order valence-electron chi connectivity index (χ3n) is 5.06. The van der Waals surface area contributed by atoms with Crippen molar-refractivity contribution in [3.8, 4) is 11.4 Å². The van der Waals surface area contributed by atoms with E-state index in [2.05, 4.69) is 27.2 Å². The van der Waals surface area contributed by atoms with E-state index >= 15 is 0 Å². The van der Waals surface area contributed by atoms with Gasteiger partial charge in [0.15, 0.2) is 0 Å². The first kappa shape index (κ1) is 17.0. The molecule has 7 heteroatoms. The van der Waals surface area contributed by atoms with Crippen LogP contribution in [0.25, 0.3) is 11.4 Å². The average molecular weight is 356 g/mol. The Morgan fingerprint density at radius 1 is 1.19 bits per heavy atom. The van der Waals surface area contributed by atoms with Crippen molar-refractivity contribution in [2.24, 2.45) is 0 Å². The van der Waals surface area contributed by atoms with Crippen LogP contribution in [0.2, 0.25) is 0 Å². The number of aryl methyl sites for hydroxylation is 1. The summed E-state index contributed by atoms with van der Waals surface area (Å²) in [4.78, 5) is 21.0. The van der Waals surface area contributed by atoms with Crippen LogP contribution in [-0.2, 0) is 16.0 Å². The van der Waals surface area contributed by atoms with Crippen LogP contribution in [0.15, 0.2) is 28.8 Å². The molecule has 1 atom stereocenters. The van der Waals surface area contributed by atoms with Crippen molar-refractivity contribution < 1.29 is 14.1 Å². The average Bonchev–Trinajstić information content (AvgIpc) is 3.40. The van der Waals surface area contributed by atoms with Gasteiger partial charge in [0, 0.05) is 50.5 Å². The van der Waals surface area contributed by atoms with Crippen molar-refractivity contribution >= 4 is 11.6 Å². The molecule has 2 fully saturated rings. The lowest BCUT2D eigenvalue weighted by atomic mass is 10.1. The lowest BCUT2D eigenvalue weighted by molar-refractivity contribution is -0.141. The van der Waals surface area contributed by atoms with Crippen molar-refractivity contribution in [1.29, 1.82) is 0 Å². The zero-order valence-corrected chi connectivity index (χ0v) is 15.1. The molecule has 26 heavy (non-hydrogen) atoms. The van der Waals surface area contributed by atoms with Crippen LogP contribution in [0.5, 0.6) is 0 Å². The number of piperazine rings is 1. The van der Waals surface area contributed by atoms with E-state index < -0.39 is 0 Å². The summed E-state index contributed by atoms with van der Waals surface area (Å²) in [5.41, 5.74) is 2.10. The van der Waals surface area contributed by atoms with Crippen LogP contribution in [0.3, 0.4) is 0 Å². The van der Waals surface area contributed by atoms with Gasteiger partial charge in [-0.1, -0.05) is 12.1 Å². The summed E-state index contributed by atoms with van der Waals surface area (Å²) >= 11 is 0. The SMILES string of the molecule is CCc1nc(-c2ccc(N3CCN(C(=O)C4CCCO4)CC3)cc2)no1. The largest absolute Gasteiger partial charge is 0.368 e. The van der Waals surface area contributed by atoms with Gasteiger partial charge in [0.1, 0.15) is 6.10 Å². The van der Waals surface area contributed by atoms with Crippen LogP contribution in [0, 0.1) is 0 Å². The van der Waals surface area contributed by atoms with Gasteiger partial charge >= 0.3 is 0 Å². The Morgan fingerprint density at radius 3 is 2.58 bits per heavy atom. The van der Waals surface area contributed by atoms with Crippen LogP contribution in [0.1, 0.15) is 25.7 Å². The molecule has 0 radical (unpaired) electrons. The molecule has 0 N–H and O–H groups in total. The molecular formula is C19H24N4O3. The number of hydrogen-bond acceptors (Lipinski definition) is 6. The maximum Gasteiger partial charge on any atom is 0.251 e. The minimum Gasteiger partial charge on any atom is -0.368 e. The van der Waals surface area contributed by atoms with E-state index in [1.54, 1.807) is 0 Å². The Hall–Kier alpha value is -2.41. The van der Waals surface area contributed by atoms with E-state index in [4.69, 9.17) is 9.26 Å². The second-order valence-electron chi connectivity index (χ2n) is 6.73. The summed E-state index contributed by atoms with van der Waals surface area (Å²) in [6.07, 6.45) is 2.36. The molecule has 1 aromatic carbocycles. The van der Waals surface area contributed by atoms with Gasteiger partial charge in [-0.25, -0.2) is 0 Å². The van der Waals surface area contributed by atoms with E-state index in [9.17, 15) is 4.79 Å². The number of benzene rings is 1. The molecule has 1 amide bonds. The number of carbonyl (C=O) groups excluding carboxylic acids is 1. The summed E-state index contributed by atoms with van der Waals surface area (Å²) in [5.74, 6) is 1.43. The topological polar surface area (TPSA) is 71.7 Å². The first-order chi connectivity index (χ1) is 12.7. The maximum absolute atomic E-state index is 12.4. The highest BCUT2D eigenvalue weighted by atomic mass is 16.5. The third-order valence-corrected chi connectivity index (χ3v) is 5.06. The number of aromatic nitrogens is 2. The number of anilines is 1. The number of ether oxygens (including phenoxy) is 1. The Labute approximate surface area is 152 Å². The van der Waals surface area contributed by atoms with Gasteiger partial charge in [0.05, 0.1) is 0 Å². The molecule has 1 unspecified atom stereocenters. The second-order valence-corrected chi connectivity index (χ2v) is 6.73. The quantitative estimate of drug-likeness (QED) is 0.836. The first-order valence-electron chi connectivity index (χ1n) is 9.33. The van der Waals surface area contributed by atoms with Crippen LogP contribution < -0.4 is 4.90 Å². The predicted molar refractivity (Wildman–Crippen MR) is 96.9 cm³/mol. The van der Waals surface area contributed by atoms with E-state index in [1.807, 2.05) is 24.0 Å². The van der Waals surface area contributed by atoms with Crippen LogP contribution >= 0.6 is 0 Å². The first-order valence-corrected chi connectivity index (χ1v) is 9.33. The minimum absolute atomic E-state index is 0.154. The molecule has 2 aliphatic rings. The van der Waals surface area contributed by atoms with Crippen molar-refractivity contribution in [3.63, 3.8) is 0 Å². The van der Waals surface area contributed by atoms with E-state index in [-0.39, 0.29) is 12.0 Å². The highest BCUT2D eigenvalue weighted by Crippen LogP contribution is 2.23. The van der Waals surface area contributed by atoms with Gasteiger partial charge in [-0.2, -0.15) is 4.98 Å². The molecule has 1 aromatic heterocycles. The number of amides is 1. The Kier molecular flexibility index (Phi) is 4.88. The Morgan fingerprint density at radius 2 is 1.96 bits per heavy atom. The molecule has 0 aliphatic carbocycles. The molecule has 0 saturated carbocycles. The maximum atomic E-state index is 12.4. The zero-order valence-electron chi connectivity index (χ0n) is 15.1. The van der Waals surface area contributed by atoms with Gasteiger partial charge in [-0.05, 0) is 37.1 Å². The highest BCUT2D eigenvalue weighted by molar-refractivity contribution is 5.81. The third kappa shape index (κ3) is 3.44. The molecule has 138 valence electrons. The second kappa shape index (κ2) is 7.45. The van der Waals surface area contributed by atoms with Gasteiger partial charge in [-0.15, -0.1) is 0 Å². The fourth-order valence-corrected chi connectivity index (χ4v) is 3.50. The van der Waals surface area contributed by atoms with Crippen LogP contribution in [-0.4, -0.2) is 59.8 Å². The molecule has 7 nitrogen and oxygen atoms in total. The van der Waals surface area contributed by atoms with Gasteiger partial charge in [0.25, 0.3) is 5.91 Å². The normalized spacial score (nSPS) is 20.6. The summed E-state index contributed by atoms with van der Waals surface area (Å²) in [6, 6.07) is 8.19. The number of carbonyl (C=O) groups is 1. The van der Waals surface area contributed by atoms with E-state index in [0.29, 0.717) is 18.3 Å². The number of rotatable bonds is 4. The lowest BCUT2D eigenvalue weighted by Crippen LogP contribution is -2.51. The Bertz CT molecular complexity index is 744. The summed E-state index contributed by atoms with van der Waals surface area (Å²) in [6.45, 7) is 5.85. The molecule has 0 spiro atoms. The molecular weight excluding hydrogens is 332 g/mol. The lowest BCUT2D eigenvalue weighted by Gasteiger charge is -2.37. The Balaban J connectivity index is 1.36. The molecule has 4 rings (SSSR count). The number of nitrogens with zero attached hydrogens (tertiary/aromatic N) is 4. The fourth-order valence-electron chi connectivity index (χ4n) is 3.50. The molecule has 3 heterocycles. The summed E-state index contributed by atoms with van der Waals surface area (Å²) in [5, 5.41) is 4.01. The molecule has 0 bridgehead atoms. The number of hydrogen-bond donors (Lipinski definition) is 0. The van der Waals surface area contributed by atoms with Crippen molar-refractivity contribution in [2.45, 2.75) is 32.3 Å². The fraction of sp³-hybridized carbons (Fsp3) is 0.526. The van der Waals surface area contributed by atoms with Gasteiger partial charge < -0.3 is 19.1 Å². The molecule has 2 saturated heterocycles. The van der Waals surface area contributed by atoms with Gasteiger partial charge in [0.2, 0.25) is 11.7 Å². The van der Waals surface area contributed by atoms with Crippen molar-refractivity contribution in [3.05, 3.63) is 30.2 Å². The standard InChI is InChI=1S/C19H24N4O3/c1-2-17-20-18(21-26-17)14-5-7-15(8-6-14)22-9-11-23(12-10-22)19(24)16-4-3-13-25-16/h5-8,16H,2-4,9-13H2,1H3. The van der Waals surface area contributed by atoms with Crippen LogP contribution in [0.4, 0.5) is 5.69 Å². The van der Waals surface area contributed by atoms with E-state index in [1.165, 1.54) is 0 Å². The summed E-state index contributed by atoms with van der Waals surface area (Å²) < 4.78 is 10.7. The van der Waals surface area contributed by atoms with Crippen molar-refractivity contribution in [1.82, 2.24) is 15.0 Å². The highest BCUT2D eigenvalue weighted by Gasteiger charge is 2.30. The smallest absolute Gasteiger partial charge is 0.251 e. The van der Waals surface area contributed by atoms with Crippen molar-refractivity contribution in [2.75, 3.05) is 37.7 Å². The predicted octanol–water partition coefficient (Wildman–Crippen LogP) is 2.13. The van der Waals surface area contributed by atoms with E-state index in [0.717, 1.165) is 56.7 Å². The zero-order chi connectivity index (χ0) is 17.9. The summed E-state index contributed by atoms with van der Waals surface area (Å²) in [7, 11) is 0. The van der Waals surface area contributed by atoms with Gasteiger partial charge in [-0.3, -0.25) is 4.79 Å².